The van der Waals surface area contributed by atoms with Gasteiger partial charge in [0, 0.05) is 11.6 Å². The van der Waals surface area contributed by atoms with Crippen LogP contribution in [-0.4, -0.2) is 36.1 Å². The van der Waals surface area contributed by atoms with Gasteiger partial charge in [-0.3, -0.25) is 10.1 Å². The number of halogens is 1. The Kier molecular flexibility index (Phi) is 3.30. The van der Waals surface area contributed by atoms with Crippen molar-refractivity contribution in [3.8, 4) is 0 Å². The molecule has 1 heterocycles. The zero-order valence-electron chi connectivity index (χ0n) is 10.8. The molecule has 2 amide bonds. The summed E-state index contributed by atoms with van der Waals surface area (Å²) in [4.78, 5) is 25.0. The number of nitrogens with one attached hydrogen (secondary N) is 1. The lowest BCUT2D eigenvalue weighted by Gasteiger charge is -2.38. The molecular formula is C14H15FN2O3. The van der Waals surface area contributed by atoms with Crippen molar-refractivity contribution >= 4 is 17.7 Å². The van der Waals surface area contributed by atoms with Gasteiger partial charge < -0.3 is 9.64 Å². The third-order valence-corrected chi connectivity index (χ3v) is 3.43. The van der Waals surface area contributed by atoms with Crippen LogP contribution in [0.1, 0.15) is 12.8 Å². The number of ether oxygens (including phenoxy) is 1. The second kappa shape index (κ2) is 5.11. The largest absolute Gasteiger partial charge is 0.442 e. The van der Waals surface area contributed by atoms with E-state index in [1.165, 1.54) is 18.2 Å². The molecule has 2 fully saturated rings. The van der Waals surface area contributed by atoms with Crippen molar-refractivity contribution in [3.05, 3.63) is 30.1 Å². The number of anilines is 1. The second-order valence-electron chi connectivity index (χ2n) is 5.18. The molecule has 106 valence electrons. The average molecular weight is 278 g/mol. The van der Waals surface area contributed by atoms with Gasteiger partial charge in [0.15, 0.2) is 0 Å². The Balaban J connectivity index is 1.43. The number of hydrogen-bond acceptors (Lipinski definition) is 3. The fraction of sp³-hybridized carbons (Fsp3) is 0.429. The van der Waals surface area contributed by atoms with Crippen LogP contribution in [0, 0.1) is 11.7 Å². The number of amides is 2. The first kappa shape index (κ1) is 12.9. The molecule has 0 atom stereocenters. The lowest BCUT2D eigenvalue weighted by molar-refractivity contribution is -0.142. The molecule has 0 radical (unpaired) electrons. The van der Waals surface area contributed by atoms with Crippen LogP contribution in [0.5, 0.6) is 0 Å². The van der Waals surface area contributed by atoms with Crippen LogP contribution < -0.4 is 5.32 Å². The van der Waals surface area contributed by atoms with Gasteiger partial charge in [-0.1, -0.05) is 6.07 Å². The molecule has 0 spiro atoms. The third-order valence-electron chi connectivity index (χ3n) is 3.43. The van der Waals surface area contributed by atoms with E-state index in [1.807, 2.05) is 0 Å². The van der Waals surface area contributed by atoms with Crippen LogP contribution in [0.15, 0.2) is 24.3 Å². The topological polar surface area (TPSA) is 58.6 Å². The van der Waals surface area contributed by atoms with Gasteiger partial charge in [0.2, 0.25) is 5.91 Å². The Morgan fingerprint density at radius 3 is 2.70 bits per heavy atom. The molecule has 0 unspecified atom stereocenters. The summed E-state index contributed by atoms with van der Waals surface area (Å²) in [6, 6.07) is 5.59. The molecule has 1 aliphatic heterocycles. The summed E-state index contributed by atoms with van der Waals surface area (Å²) in [6.45, 7) is 0.901. The molecule has 0 bridgehead atoms. The predicted molar refractivity (Wildman–Crippen MR) is 69.6 cm³/mol. The highest BCUT2D eigenvalue weighted by atomic mass is 19.1. The van der Waals surface area contributed by atoms with E-state index in [0.717, 1.165) is 12.8 Å². The standard InChI is InChI=1S/C14H15FN2O3/c15-10-2-1-3-11(6-10)16-14(19)20-12-7-17(8-12)13(18)9-4-5-9/h1-3,6,9,12H,4-5,7-8H2,(H,16,19). The molecule has 3 rings (SSSR count). The van der Waals surface area contributed by atoms with Gasteiger partial charge in [0.25, 0.3) is 0 Å². The summed E-state index contributed by atoms with van der Waals surface area (Å²) in [5.41, 5.74) is 0.347. The van der Waals surface area contributed by atoms with E-state index in [-0.39, 0.29) is 17.9 Å². The Hall–Kier alpha value is -2.11. The van der Waals surface area contributed by atoms with Gasteiger partial charge >= 0.3 is 6.09 Å². The van der Waals surface area contributed by atoms with Crippen molar-refractivity contribution in [2.24, 2.45) is 5.92 Å². The summed E-state index contributed by atoms with van der Waals surface area (Å²) in [6.07, 6.45) is 1.05. The quantitative estimate of drug-likeness (QED) is 0.920. The SMILES string of the molecule is O=C(Nc1cccc(F)c1)OC1CN(C(=O)C2CC2)C1. The molecule has 1 saturated heterocycles. The van der Waals surface area contributed by atoms with Gasteiger partial charge in [-0.2, -0.15) is 0 Å². The zero-order valence-corrected chi connectivity index (χ0v) is 10.8. The molecule has 20 heavy (non-hydrogen) atoms. The van der Waals surface area contributed by atoms with Gasteiger partial charge in [-0.15, -0.1) is 0 Å². The lowest BCUT2D eigenvalue weighted by Crippen LogP contribution is -2.56. The van der Waals surface area contributed by atoms with Crippen molar-refractivity contribution in [3.63, 3.8) is 0 Å². The highest BCUT2D eigenvalue weighted by Gasteiger charge is 2.40. The van der Waals surface area contributed by atoms with Gasteiger partial charge in [-0.05, 0) is 31.0 Å². The van der Waals surface area contributed by atoms with Gasteiger partial charge in [0.1, 0.15) is 11.9 Å². The van der Waals surface area contributed by atoms with E-state index in [2.05, 4.69) is 5.32 Å². The lowest BCUT2D eigenvalue weighted by atomic mass is 10.1. The van der Waals surface area contributed by atoms with Gasteiger partial charge in [0.05, 0.1) is 13.1 Å². The van der Waals surface area contributed by atoms with E-state index in [0.29, 0.717) is 18.8 Å². The first-order valence-electron chi connectivity index (χ1n) is 6.64. The van der Waals surface area contributed by atoms with Gasteiger partial charge in [-0.25, -0.2) is 9.18 Å². The molecule has 1 aromatic rings. The molecule has 2 aliphatic rings. The number of rotatable bonds is 3. The van der Waals surface area contributed by atoms with Crippen LogP contribution in [0.2, 0.25) is 0 Å². The number of carbonyl (C=O) groups is 2. The third kappa shape index (κ3) is 2.89. The molecule has 6 heteroatoms. The summed E-state index contributed by atoms with van der Waals surface area (Å²) in [7, 11) is 0. The minimum Gasteiger partial charge on any atom is -0.442 e. The van der Waals surface area contributed by atoms with Crippen molar-refractivity contribution in [2.45, 2.75) is 18.9 Å². The van der Waals surface area contributed by atoms with Crippen LogP contribution in [0.3, 0.4) is 0 Å². The van der Waals surface area contributed by atoms with Crippen molar-refractivity contribution in [1.29, 1.82) is 0 Å². The molecule has 1 saturated carbocycles. The molecule has 1 aromatic carbocycles. The van der Waals surface area contributed by atoms with Crippen molar-refractivity contribution < 1.29 is 18.7 Å². The average Bonchev–Trinajstić information content (AvgIpc) is 3.16. The van der Waals surface area contributed by atoms with Crippen LogP contribution >= 0.6 is 0 Å². The number of hydrogen-bond donors (Lipinski definition) is 1. The summed E-state index contributed by atoms with van der Waals surface area (Å²) in [5.74, 6) is -0.0693. The van der Waals surface area contributed by atoms with Crippen LogP contribution in [0.25, 0.3) is 0 Å². The Morgan fingerprint density at radius 1 is 1.30 bits per heavy atom. The maximum Gasteiger partial charge on any atom is 0.412 e. The monoisotopic (exact) mass is 278 g/mol. The molecule has 1 N–H and O–H groups in total. The molecular weight excluding hydrogens is 263 g/mol. The molecule has 1 aliphatic carbocycles. The molecule has 0 aromatic heterocycles. The van der Waals surface area contributed by atoms with E-state index >= 15 is 0 Å². The first-order valence-corrected chi connectivity index (χ1v) is 6.64. The Labute approximate surface area is 115 Å². The predicted octanol–water partition coefficient (Wildman–Crippen LogP) is 1.99. The van der Waals surface area contributed by atoms with E-state index in [4.69, 9.17) is 4.74 Å². The number of carbonyl (C=O) groups excluding carboxylic acids is 2. The highest BCUT2D eigenvalue weighted by Crippen LogP contribution is 2.32. The number of benzene rings is 1. The normalized spacial score (nSPS) is 18.4. The summed E-state index contributed by atoms with van der Waals surface area (Å²) >= 11 is 0. The van der Waals surface area contributed by atoms with Crippen LogP contribution in [0.4, 0.5) is 14.9 Å². The smallest absolute Gasteiger partial charge is 0.412 e. The van der Waals surface area contributed by atoms with Crippen molar-refractivity contribution in [2.75, 3.05) is 18.4 Å². The van der Waals surface area contributed by atoms with E-state index in [9.17, 15) is 14.0 Å². The summed E-state index contributed by atoms with van der Waals surface area (Å²) < 4.78 is 18.1. The fourth-order valence-corrected chi connectivity index (χ4v) is 2.15. The number of nitrogens with zero attached hydrogens (tertiary/aromatic N) is 1. The maximum absolute atomic E-state index is 12.9. The van der Waals surface area contributed by atoms with Crippen molar-refractivity contribution in [1.82, 2.24) is 4.90 Å². The second-order valence-corrected chi connectivity index (χ2v) is 5.18. The highest BCUT2D eigenvalue weighted by molar-refractivity contribution is 5.85. The Morgan fingerprint density at radius 2 is 2.05 bits per heavy atom. The Bertz CT molecular complexity index is 539. The van der Waals surface area contributed by atoms with E-state index < -0.39 is 11.9 Å². The van der Waals surface area contributed by atoms with E-state index in [1.54, 1.807) is 11.0 Å². The minimum atomic E-state index is -0.626. The fourth-order valence-electron chi connectivity index (χ4n) is 2.15. The first-order chi connectivity index (χ1) is 9.61. The number of likely N-dealkylation sites (tertiary alicyclic amines) is 1. The minimum absolute atomic E-state index is 0.162. The zero-order chi connectivity index (χ0) is 14.1. The summed E-state index contributed by atoms with van der Waals surface area (Å²) in [5, 5.41) is 2.46. The maximum atomic E-state index is 12.9. The van der Waals surface area contributed by atoms with Crippen LogP contribution in [-0.2, 0) is 9.53 Å². The molecule has 5 nitrogen and oxygen atoms in total.